The van der Waals surface area contributed by atoms with Crippen LogP contribution in [0, 0.1) is 0 Å². The maximum Gasteiger partial charge on any atom is 0.246 e. The van der Waals surface area contributed by atoms with Crippen LogP contribution in [-0.4, -0.2) is 74.1 Å². The highest BCUT2D eigenvalue weighted by molar-refractivity contribution is 9.10. The van der Waals surface area contributed by atoms with Gasteiger partial charge in [-0.15, -0.1) is 0 Å². The van der Waals surface area contributed by atoms with Crippen LogP contribution in [0.2, 0.25) is 0 Å². The molecule has 1 saturated heterocycles. The molecule has 0 saturated carbocycles. The zero-order chi connectivity index (χ0) is 15.5. The van der Waals surface area contributed by atoms with E-state index in [0.717, 1.165) is 0 Å². The molecule has 21 heavy (non-hydrogen) atoms. The number of aliphatic hydroxyl groups is 1. The molecule has 9 heteroatoms. The summed E-state index contributed by atoms with van der Waals surface area (Å²) in [7, 11) is -1.93. The second-order valence-electron chi connectivity index (χ2n) is 4.72. The molecule has 0 radical (unpaired) electrons. The van der Waals surface area contributed by atoms with E-state index in [2.05, 4.69) is 26.2 Å². The molecule has 2 N–H and O–H groups in total. The number of hydrogen-bond acceptors (Lipinski definition) is 6. The van der Waals surface area contributed by atoms with E-state index in [1.807, 2.05) is 4.90 Å². The number of nitrogens with zero attached hydrogens (tertiary/aromatic N) is 3. The molecule has 1 aromatic rings. The number of hydrogen-bond donors (Lipinski definition) is 2. The van der Waals surface area contributed by atoms with Gasteiger partial charge in [-0.25, -0.2) is 13.4 Å². The Balaban J connectivity index is 2.21. The molecule has 0 aliphatic carbocycles. The highest BCUT2D eigenvalue weighted by Crippen LogP contribution is 2.26. The van der Waals surface area contributed by atoms with Gasteiger partial charge in [-0.1, -0.05) is 0 Å². The van der Waals surface area contributed by atoms with Gasteiger partial charge in [-0.05, 0) is 22.0 Å². The number of nitrogens with one attached hydrogen (secondary N) is 1. The molecule has 0 unspecified atom stereocenters. The standard InChI is InChI=1S/C12H19BrN4O3S/c1-14-12-11(8-10(13)9-15-12)21(19,20)17-4-2-16(3-5-17)6-7-18/h8-9,18H,2-7H2,1H3,(H,14,15). The van der Waals surface area contributed by atoms with Gasteiger partial charge in [0.2, 0.25) is 10.0 Å². The third-order valence-electron chi connectivity index (χ3n) is 3.42. The fraction of sp³-hybridized carbons (Fsp3) is 0.583. The Hall–Kier alpha value is -0.740. The smallest absolute Gasteiger partial charge is 0.246 e. The van der Waals surface area contributed by atoms with Crippen LogP contribution >= 0.6 is 15.9 Å². The van der Waals surface area contributed by atoms with Crippen LogP contribution in [0.25, 0.3) is 0 Å². The second kappa shape index (κ2) is 7.01. The summed E-state index contributed by atoms with van der Waals surface area (Å²) < 4.78 is 27.6. The number of rotatable bonds is 5. The Bertz CT molecular complexity index is 588. The number of halogens is 1. The molecule has 1 aromatic heterocycles. The van der Waals surface area contributed by atoms with Crippen LogP contribution in [0.5, 0.6) is 0 Å². The maximum absolute atomic E-state index is 12.7. The van der Waals surface area contributed by atoms with E-state index in [-0.39, 0.29) is 11.5 Å². The van der Waals surface area contributed by atoms with Crippen molar-refractivity contribution >= 4 is 31.8 Å². The molecular weight excluding hydrogens is 360 g/mol. The number of sulfonamides is 1. The number of β-amino-alcohol motifs (C(OH)–C–C–N with tert-alkyl or cyclic N) is 1. The normalized spacial score (nSPS) is 17.9. The van der Waals surface area contributed by atoms with Gasteiger partial charge in [0.1, 0.15) is 10.7 Å². The molecule has 118 valence electrons. The molecule has 0 spiro atoms. The Morgan fingerprint density at radius 1 is 1.38 bits per heavy atom. The fourth-order valence-corrected chi connectivity index (χ4v) is 4.36. The monoisotopic (exact) mass is 378 g/mol. The van der Waals surface area contributed by atoms with E-state index in [9.17, 15) is 8.42 Å². The summed E-state index contributed by atoms with van der Waals surface area (Å²) in [4.78, 5) is 6.32. The molecule has 2 heterocycles. The molecule has 0 bridgehead atoms. The number of piperazine rings is 1. The highest BCUT2D eigenvalue weighted by Gasteiger charge is 2.30. The Labute approximate surface area is 133 Å². The first-order chi connectivity index (χ1) is 9.98. The molecule has 2 rings (SSSR count). The van der Waals surface area contributed by atoms with Gasteiger partial charge >= 0.3 is 0 Å². The third kappa shape index (κ3) is 3.72. The molecule has 0 aromatic carbocycles. The lowest BCUT2D eigenvalue weighted by molar-refractivity contribution is 0.151. The summed E-state index contributed by atoms with van der Waals surface area (Å²) in [6, 6.07) is 1.56. The quantitative estimate of drug-likeness (QED) is 0.760. The maximum atomic E-state index is 12.7. The van der Waals surface area contributed by atoms with Crippen LogP contribution in [0.4, 0.5) is 5.82 Å². The van der Waals surface area contributed by atoms with Crippen LogP contribution < -0.4 is 5.32 Å². The van der Waals surface area contributed by atoms with Crippen molar-refractivity contribution < 1.29 is 13.5 Å². The zero-order valence-electron chi connectivity index (χ0n) is 11.8. The molecule has 1 aliphatic heterocycles. The van der Waals surface area contributed by atoms with Crippen LogP contribution in [-0.2, 0) is 10.0 Å². The lowest BCUT2D eigenvalue weighted by atomic mass is 10.4. The van der Waals surface area contributed by atoms with E-state index < -0.39 is 10.0 Å². The minimum Gasteiger partial charge on any atom is -0.395 e. The van der Waals surface area contributed by atoms with Crippen molar-refractivity contribution in [3.05, 3.63) is 16.7 Å². The zero-order valence-corrected chi connectivity index (χ0v) is 14.2. The highest BCUT2D eigenvalue weighted by atomic mass is 79.9. The van der Waals surface area contributed by atoms with E-state index in [4.69, 9.17) is 5.11 Å². The molecule has 7 nitrogen and oxygen atoms in total. The molecule has 1 fully saturated rings. The van der Waals surface area contributed by atoms with Crippen LogP contribution in [0.15, 0.2) is 21.6 Å². The Morgan fingerprint density at radius 3 is 2.62 bits per heavy atom. The topological polar surface area (TPSA) is 85.8 Å². The Morgan fingerprint density at radius 2 is 2.05 bits per heavy atom. The minimum atomic E-state index is -3.58. The molecule has 0 atom stereocenters. The molecular formula is C12H19BrN4O3S. The summed E-state index contributed by atoms with van der Waals surface area (Å²) in [6.07, 6.45) is 1.56. The molecule has 0 amide bonds. The predicted octanol–water partition coefficient (Wildman–Crippen LogP) is 0.184. The Kier molecular flexibility index (Phi) is 5.55. The lowest BCUT2D eigenvalue weighted by Crippen LogP contribution is -2.49. The van der Waals surface area contributed by atoms with Crippen molar-refractivity contribution in [3.8, 4) is 0 Å². The van der Waals surface area contributed by atoms with E-state index >= 15 is 0 Å². The van der Waals surface area contributed by atoms with Crippen LogP contribution in [0.1, 0.15) is 0 Å². The SMILES string of the molecule is CNc1ncc(Br)cc1S(=O)(=O)N1CCN(CCO)CC1. The van der Waals surface area contributed by atoms with Gasteiger partial charge in [0.25, 0.3) is 0 Å². The van der Waals surface area contributed by atoms with E-state index in [1.54, 1.807) is 19.3 Å². The van der Waals surface area contributed by atoms with Gasteiger partial charge in [-0.2, -0.15) is 4.31 Å². The number of aliphatic hydroxyl groups excluding tert-OH is 1. The van der Waals surface area contributed by atoms with Crippen molar-refractivity contribution in [3.63, 3.8) is 0 Å². The van der Waals surface area contributed by atoms with Gasteiger partial charge in [-0.3, -0.25) is 4.90 Å². The third-order valence-corrected chi connectivity index (χ3v) is 5.77. The first-order valence-electron chi connectivity index (χ1n) is 6.65. The first kappa shape index (κ1) is 16.6. The van der Waals surface area contributed by atoms with Gasteiger partial charge < -0.3 is 10.4 Å². The average molecular weight is 379 g/mol. The number of pyridine rings is 1. The minimum absolute atomic E-state index is 0.0895. The van der Waals surface area contributed by atoms with Crippen molar-refractivity contribution in [2.75, 3.05) is 51.7 Å². The number of aromatic nitrogens is 1. The fourth-order valence-electron chi connectivity index (χ4n) is 2.28. The van der Waals surface area contributed by atoms with Crippen molar-refractivity contribution in [1.82, 2.24) is 14.2 Å². The van der Waals surface area contributed by atoms with Crippen molar-refractivity contribution in [2.24, 2.45) is 0 Å². The summed E-state index contributed by atoms with van der Waals surface area (Å²) >= 11 is 3.26. The predicted molar refractivity (Wildman–Crippen MR) is 83.8 cm³/mol. The van der Waals surface area contributed by atoms with E-state index in [1.165, 1.54) is 4.31 Å². The summed E-state index contributed by atoms with van der Waals surface area (Å²) in [5, 5.41) is 11.7. The van der Waals surface area contributed by atoms with Crippen molar-refractivity contribution in [2.45, 2.75) is 4.90 Å². The van der Waals surface area contributed by atoms with Crippen LogP contribution in [0.3, 0.4) is 0 Å². The largest absolute Gasteiger partial charge is 0.395 e. The van der Waals surface area contributed by atoms with Gasteiger partial charge in [0.05, 0.1) is 6.61 Å². The number of anilines is 1. The van der Waals surface area contributed by atoms with E-state index in [0.29, 0.717) is 43.0 Å². The van der Waals surface area contributed by atoms with Gasteiger partial charge in [0.15, 0.2) is 0 Å². The molecule has 1 aliphatic rings. The van der Waals surface area contributed by atoms with Crippen molar-refractivity contribution in [1.29, 1.82) is 0 Å². The van der Waals surface area contributed by atoms with Gasteiger partial charge in [0, 0.05) is 50.4 Å². The lowest BCUT2D eigenvalue weighted by Gasteiger charge is -2.33. The summed E-state index contributed by atoms with van der Waals surface area (Å²) in [6.45, 7) is 2.74. The first-order valence-corrected chi connectivity index (χ1v) is 8.89. The summed E-state index contributed by atoms with van der Waals surface area (Å²) in [5.41, 5.74) is 0. The second-order valence-corrected chi connectivity index (χ2v) is 7.54. The summed E-state index contributed by atoms with van der Waals surface area (Å²) in [5.74, 6) is 0.344. The average Bonchev–Trinajstić information content (AvgIpc) is 2.48.